The second-order valence-electron chi connectivity index (χ2n) is 7.37. The molecular weight excluding hydrogens is 370 g/mol. The lowest BCUT2D eigenvalue weighted by Crippen LogP contribution is -3.15. The number of likely N-dealkylation sites (N-methyl/N-ethyl adjacent to an activating group) is 1. The number of hydrogen-bond donors (Lipinski definition) is 2. The van der Waals surface area contributed by atoms with Gasteiger partial charge in [0.1, 0.15) is 5.75 Å². The van der Waals surface area contributed by atoms with E-state index in [2.05, 4.69) is 4.90 Å². The zero-order valence-electron chi connectivity index (χ0n) is 17.4. The number of piperazine rings is 1. The van der Waals surface area contributed by atoms with E-state index in [1.54, 1.807) is 31.3 Å². The fourth-order valence-corrected chi connectivity index (χ4v) is 3.61. The van der Waals surface area contributed by atoms with Crippen molar-refractivity contribution in [2.24, 2.45) is 0 Å². The summed E-state index contributed by atoms with van der Waals surface area (Å²) in [5.41, 5.74) is 2.12. The third-order valence-electron chi connectivity index (χ3n) is 5.38. The molecule has 1 saturated heterocycles. The van der Waals surface area contributed by atoms with Crippen LogP contribution in [0.2, 0.25) is 0 Å². The summed E-state index contributed by atoms with van der Waals surface area (Å²) in [5.74, 6) is 1.76. The number of benzene rings is 2. The van der Waals surface area contributed by atoms with Gasteiger partial charge >= 0.3 is 0 Å². The van der Waals surface area contributed by atoms with Crippen molar-refractivity contribution in [2.45, 2.75) is 6.54 Å². The molecule has 1 fully saturated rings. The predicted molar refractivity (Wildman–Crippen MR) is 112 cm³/mol. The van der Waals surface area contributed by atoms with Crippen molar-refractivity contribution >= 4 is 11.6 Å². The molecule has 0 aromatic heterocycles. The Morgan fingerprint density at radius 3 is 2.34 bits per heavy atom. The van der Waals surface area contributed by atoms with Crippen molar-refractivity contribution in [3.63, 3.8) is 0 Å². The number of carbonyl (C=O) groups excluding carboxylic acids is 1. The first-order valence-corrected chi connectivity index (χ1v) is 9.82. The molecule has 0 spiro atoms. The molecule has 1 aliphatic heterocycles. The monoisotopic (exact) mass is 400 g/mol. The highest BCUT2D eigenvalue weighted by molar-refractivity contribution is 5.76. The van der Waals surface area contributed by atoms with Crippen LogP contribution in [0.5, 0.6) is 17.2 Å². The Bertz CT molecular complexity index is 817. The summed E-state index contributed by atoms with van der Waals surface area (Å²) in [7, 11) is 5.06. The molecule has 0 atom stereocenters. The number of hydrogen-bond acceptors (Lipinski definition) is 5. The number of carbonyl (C=O) groups is 1. The number of methoxy groups -OCH3 is 2. The van der Waals surface area contributed by atoms with E-state index >= 15 is 0 Å². The van der Waals surface area contributed by atoms with Crippen molar-refractivity contribution in [1.29, 1.82) is 0 Å². The fraction of sp³-hybridized carbons (Fsp3) is 0.409. The minimum absolute atomic E-state index is 0.132. The maximum Gasteiger partial charge on any atom is 0.277 e. The summed E-state index contributed by atoms with van der Waals surface area (Å²) < 4.78 is 10.6. The van der Waals surface area contributed by atoms with Crippen LogP contribution in [-0.2, 0) is 11.3 Å². The van der Waals surface area contributed by atoms with Crippen LogP contribution in [0.25, 0.3) is 0 Å². The Labute approximate surface area is 172 Å². The average Bonchev–Trinajstić information content (AvgIpc) is 2.74. The lowest BCUT2D eigenvalue weighted by Gasteiger charge is -2.34. The number of anilines is 1. The molecule has 0 radical (unpaired) electrons. The fourth-order valence-electron chi connectivity index (χ4n) is 3.61. The first-order valence-electron chi connectivity index (χ1n) is 9.82. The van der Waals surface area contributed by atoms with Crippen molar-refractivity contribution in [3.8, 4) is 17.2 Å². The van der Waals surface area contributed by atoms with Gasteiger partial charge in [-0.1, -0.05) is 6.07 Å². The molecule has 7 nitrogen and oxygen atoms in total. The SMILES string of the molecule is COc1ccc(CN(C)C(=O)C[NH+]2CCN(c3ccc(O)cc3)CC2)cc1OC. The molecule has 2 N–H and O–H groups in total. The van der Waals surface area contributed by atoms with Crippen LogP contribution in [0, 0.1) is 0 Å². The lowest BCUT2D eigenvalue weighted by atomic mass is 10.2. The Morgan fingerprint density at radius 2 is 1.72 bits per heavy atom. The zero-order chi connectivity index (χ0) is 20.8. The van der Waals surface area contributed by atoms with Crippen LogP contribution >= 0.6 is 0 Å². The van der Waals surface area contributed by atoms with E-state index in [1.165, 1.54) is 4.90 Å². The Hall–Kier alpha value is -2.93. The van der Waals surface area contributed by atoms with Crippen molar-refractivity contribution < 1.29 is 24.3 Å². The third-order valence-corrected chi connectivity index (χ3v) is 5.38. The van der Waals surface area contributed by atoms with E-state index in [0.29, 0.717) is 24.6 Å². The second kappa shape index (κ2) is 9.52. The van der Waals surface area contributed by atoms with Crippen LogP contribution < -0.4 is 19.3 Å². The van der Waals surface area contributed by atoms with Gasteiger partial charge in [-0.05, 0) is 42.0 Å². The van der Waals surface area contributed by atoms with Gasteiger partial charge < -0.3 is 29.3 Å². The van der Waals surface area contributed by atoms with Crippen molar-refractivity contribution in [2.75, 3.05) is 58.9 Å². The van der Waals surface area contributed by atoms with Crippen LogP contribution in [0.1, 0.15) is 5.56 Å². The normalized spacial score (nSPS) is 14.5. The molecule has 7 heteroatoms. The van der Waals surface area contributed by atoms with Gasteiger partial charge in [-0.2, -0.15) is 0 Å². The quantitative estimate of drug-likeness (QED) is 0.719. The Morgan fingerprint density at radius 1 is 1.07 bits per heavy atom. The number of ether oxygens (including phenoxy) is 2. The molecule has 29 heavy (non-hydrogen) atoms. The maximum atomic E-state index is 12.7. The Kier molecular flexibility index (Phi) is 6.82. The average molecular weight is 400 g/mol. The molecule has 2 aromatic rings. The Balaban J connectivity index is 1.49. The highest BCUT2D eigenvalue weighted by Crippen LogP contribution is 2.27. The minimum Gasteiger partial charge on any atom is -0.508 e. The second-order valence-corrected chi connectivity index (χ2v) is 7.37. The van der Waals surface area contributed by atoms with Crippen molar-refractivity contribution in [1.82, 2.24) is 4.90 Å². The topological polar surface area (TPSA) is 66.7 Å². The standard InChI is InChI=1S/C22H29N3O4/c1-23(15-17-4-9-20(28-2)21(14-17)29-3)22(27)16-24-10-12-25(13-11-24)18-5-7-19(26)8-6-18/h4-9,14,26H,10-13,15-16H2,1-3H3/p+1. The third kappa shape index (κ3) is 5.32. The van der Waals surface area contributed by atoms with E-state index in [4.69, 9.17) is 9.47 Å². The summed E-state index contributed by atoms with van der Waals surface area (Å²) in [5, 5.41) is 9.43. The van der Waals surface area contributed by atoms with E-state index in [-0.39, 0.29) is 11.7 Å². The van der Waals surface area contributed by atoms with Gasteiger partial charge in [0.25, 0.3) is 5.91 Å². The van der Waals surface area contributed by atoms with E-state index in [0.717, 1.165) is 37.4 Å². The maximum absolute atomic E-state index is 12.7. The summed E-state index contributed by atoms with van der Waals surface area (Å²) in [6.07, 6.45) is 0. The van der Waals surface area contributed by atoms with E-state index < -0.39 is 0 Å². The number of nitrogens with zero attached hydrogens (tertiary/aromatic N) is 2. The lowest BCUT2D eigenvalue weighted by molar-refractivity contribution is -0.892. The largest absolute Gasteiger partial charge is 0.508 e. The number of amides is 1. The van der Waals surface area contributed by atoms with Gasteiger partial charge in [-0.3, -0.25) is 4.79 Å². The molecule has 1 heterocycles. The first-order chi connectivity index (χ1) is 14.0. The first kappa shape index (κ1) is 20.8. The molecule has 3 rings (SSSR count). The van der Waals surface area contributed by atoms with Gasteiger partial charge in [-0.15, -0.1) is 0 Å². The highest BCUT2D eigenvalue weighted by Gasteiger charge is 2.24. The van der Waals surface area contributed by atoms with Crippen LogP contribution in [0.15, 0.2) is 42.5 Å². The van der Waals surface area contributed by atoms with Crippen molar-refractivity contribution in [3.05, 3.63) is 48.0 Å². The summed E-state index contributed by atoms with van der Waals surface area (Å²) in [4.78, 5) is 18.0. The molecule has 0 saturated carbocycles. The van der Waals surface area contributed by atoms with E-state index in [1.807, 2.05) is 37.4 Å². The van der Waals surface area contributed by atoms with Crippen LogP contribution in [0.3, 0.4) is 0 Å². The number of phenolic OH excluding ortho intramolecular Hbond substituents is 1. The van der Waals surface area contributed by atoms with Gasteiger partial charge in [-0.25, -0.2) is 0 Å². The summed E-state index contributed by atoms with van der Waals surface area (Å²) in [6, 6.07) is 13.0. The molecule has 1 aliphatic rings. The van der Waals surface area contributed by atoms with Crippen LogP contribution in [-0.4, -0.2) is 69.9 Å². The van der Waals surface area contributed by atoms with Gasteiger partial charge in [0.15, 0.2) is 18.0 Å². The van der Waals surface area contributed by atoms with Gasteiger partial charge in [0.05, 0.1) is 40.4 Å². The molecular formula is C22H30N3O4+. The van der Waals surface area contributed by atoms with Gasteiger partial charge in [0.2, 0.25) is 0 Å². The molecule has 2 aromatic carbocycles. The molecule has 0 aliphatic carbocycles. The number of rotatable bonds is 7. The number of nitrogens with one attached hydrogen (secondary N) is 1. The molecule has 0 unspecified atom stereocenters. The van der Waals surface area contributed by atoms with E-state index in [9.17, 15) is 9.90 Å². The number of aromatic hydroxyl groups is 1. The molecule has 156 valence electrons. The molecule has 0 bridgehead atoms. The zero-order valence-corrected chi connectivity index (χ0v) is 17.4. The minimum atomic E-state index is 0.132. The predicted octanol–water partition coefficient (Wildman–Crippen LogP) is 0.773. The summed E-state index contributed by atoms with van der Waals surface area (Å²) in [6.45, 7) is 4.65. The van der Waals surface area contributed by atoms with Crippen LogP contribution in [0.4, 0.5) is 5.69 Å². The highest BCUT2D eigenvalue weighted by atomic mass is 16.5. The number of quaternary nitrogens is 1. The van der Waals surface area contributed by atoms with Gasteiger partial charge in [0, 0.05) is 19.3 Å². The summed E-state index contributed by atoms with van der Waals surface area (Å²) >= 11 is 0. The number of phenols is 1. The smallest absolute Gasteiger partial charge is 0.277 e. The molecule has 1 amide bonds.